The highest BCUT2D eigenvalue weighted by Gasteiger charge is 2.18. The molecule has 0 aliphatic carbocycles. The number of carbonyl (C=O) groups is 1. The highest BCUT2D eigenvalue weighted by molar-refractivity contribution is 5.78. The van der Waals surface area contributed by atoms with E-state index in [0.29, 0.717) is 13.0 Å². The van der Waals surface area contributed by atoms with Gasteiger partial charge in [0, 0.05) is 20.5 Å². The van der Waals surface area contributed by atoms with Crippen molar-refractivity contribution in [3.05, 3.63) is 35.6 Å². The van der Waals surface area contributed by atoms with Crippen molar-refractivity contribution >= 4 is 12.3 Å². The Morgan fingerprint density at radius 1 is 1.42 bits per heavy atom. The molecule has 1 unspecified atom stereocenters. The summed E-state index contributed by atoms with van der Waals surface area (Å²) in [6.45, 7) is 2.07. The zero-order chi connectivity index (χ0) is 14.3. The summed E-state index contributed by atoms with van der Waals surface area (Å²) in [4.78, 5) is 17.7. The van der Waals surface area contributed by atoms with Crippen molar-refractivity contribution in [1.82, 2.24) is 4.90 Å². The summed E-state index contributed by atoms with van der Waals surface area (Å²) in [6, 6.07) is 5.42. The number of carbonyl (C=O) groups excluding carboxylic acids is 1. The molecule has 1 aromatic rings. The van der Waals surface area contributed by atoms with Crippen molar-refractivity contribution in [2.24, 2.45) is 4.99 Å². The first-order chi connectivity index (χ1) is 9.02. The van der Waals surface area contributed by atoms with E-state index in [0.717, 1.165) is 5.56 Å². The Bertz CT molecular complexity index is 430. The molecule has 1 atom stereocenters. The molecular formula is C14H19FN2O2. The smallest absolute Gasteiger partial charge is 0.331 e. The van der Waals surface area contributed by atoms with Gasteiger partial charge in [0.1, 0.15) is 5.82 Å². The fraction of sp³-hybridized carbons (Fsp3) is 0.429. The highest BCUT2D eigenvalue weighted by atomic mass is 19.1. The van der Waals surface area contributed by atoms with E-state index in [4.69, 9.17) is 4.74 Å². The standard InChI is InChI=1S/C14H19FN2O2/c1-4-19-14(18)13(16-10-17(2)3)9-11-5-7-12(15)8-6-11/h5-8,10,13H,4,9H2,1-3H3. The third kappa shape index (κ3) is 5.50. The third-order valence-electron chi connectivity index (χ3n) is 2.38. The second kappa shape index (κ2) is 7.51. The molecule has 0 spiro atoms. The summed E-state index contributed by atoms with van der Waals surface area (Å²) in [7, 11) is 3.65. The Labute approximate surface area is 112 Å². The second-order valence-electron chi connectivity index (χ2n) is 4.33. The molecule has 0 amide bonds. The third-order valence-corrected chi connectivity index (χ3v) is 2.38. The molecule has 0 bridgehead atoms. The largest absolute Gasteiger partial charge is 0.464 e. The highest BCUT2D eigenvalue weighted by Crippen LogP contribution is 2.09. The van der Waals surface area contributed by atoms with Crippen LogP contribution in [0.5, 0.6) is 0 Å². The van der Waals surface area contributed by atoms with Crippen LogP contribution < -0.4 is 0 Å². The van der Waals surface area contributed by atoms with Crippen LogP contribution in [0.2, 0.25) is 0 Å². The van der Waals surface area contributed by atoms with Crippen LogP contribution >= 0.6 is 0 Å². The van der Waals surface area contributed by atoms with Crippen LogP contribution in [-0.4, -0.2) is 44.0 Å². The monoisotopic (exact) mass is 266 g/mol. The van der Waals surface area contributed by atoms with Gasteiger partial charge in [-0.05, 0) is 24.6 Å². The van der Waals surface area contributed by atoms with Crippen molar-refractivity contribution < 1.29 is 13.9 Å². The summed E-state index contributed by atoms with van der Waals surface area (Å²) >= 11 is 0. The molecule has 1 aromatic carbocycles. The maximum atomic E-state index is 12.8. The number of nitrogens with zero attached hydrogens (tertiary/aromatic N) is 2. The zero-order valence-electron chi connectivity index (χ0n) is 11.5. The Hall–Kier alpha value is -1.91. The Morgan fingerprint density at radius 3 is 2.58 bits per heavy atom. The minimum atomic E-state index is -0.604. The molecule has 0 heterocycles. The van der Waals surface area contributed by atoms with E-state index >= 15 is 0 Å². The number of hydrogen-bond donors (Lipinski definition) is 0. The summed E-state index contributed by atoms with van der Waals surface area (Å²) in [5.74, 6) is -0.668. The normalized spacial score (nSPS) is 12.4. The van der Waals surface area contributed by atoms with Gasteiger partial charge in [0.15, 0.2) is 6.04 Å². The lowest BCUT2D eigenvalue weighted by Gasteiger charge is -2.13. The van der Waals surface area contributed by atoms with Crippen molar-refractivity contribution in [3.8, 4) is 0 Å². The summed E-state index contributed by atoms with van der Waals surface area (Å²) < 4.78 is 17.8. The van der Waals surface area contributed by atoms with Gasteiger partial charge < -0.3 is 9.64 Å². The Morgan fingerprint density at radius 2 is 2.05 bits per heavy atom. The van der Waals surface area contributed by atoms with Gasteiger partial charge in [-0.15, -0.1) is 0 Å². The predicted octanol–water partition coefficient (Wildman–Crippen LogP) is 1.89. The molecule has 0 aromatic heterocycles. The van der Waals surface area contributed by atoms with E-state index in [-0.39, 0.29) is 11.8 Å². The van der Waals surface area contributed by atoms with Gasteiger partial charge in [-0.2, -0.15) is 0 Å². The second-order valence-corrected chi connectivity index (χ2v) is 4.33. The molecule has 4 nitrogen and oxygen atoms in total. The van der Waals surface area contributed by atoms with Gasteiger partial charge in [-0.3, -0.25) is 4.99 Å². The topological polar surface area (TPSA) is 41.9 Å². The van der Waals surface area contributed by atoms with Crippen LogP contribution in [0.1, 0.15) is 12.5 Å². The zero-order valence-corrected chi connectivity index (χ0v) is 11.5. The number of rotatable bonds is 6. The Kier molecular flexibility index (Phi) is 5.99. The molecule has 0 N–H and O–H groups in total. The molecule has 0 saturated carbocycles. The fourth-order valence-electron chi connectivity index (χ4n) is 1.49. The minimum absolute atomic E-state index is 0.298. The van der Waals surface area contributed by atoms with E-state index in [1.54, 1.807) is 30.3 Å². The molecule has 5 heteroatoms. The lowest BCUT2D eigenvalue weighted by molar-refractivity contribution is -0.144. The quantitative estimate of drug-likeness (QED) is 0.448. The number of ether oxygens (including phenoxy) is 1. The minimum Gasteiger partial charge on any atom is -0.464 e. The molecule has 1 rings (SSSR count). The fourth-order valence-corrected chi connectivity index (χ4v) is 1.49. The first kappa shape index (κ1) is 15.1. The lowest BCUT2D eigenvalue weighted by atomic mass is 10.1. The van der Waals surface area contributed by atoms with Gasteiger partial charge in [-0.25, -0.2) is 9.18 Å². The van der Waals surface area contributed by atoms with Crippen LogP contribution in [0, 0.1) is 5.82 Å². The van der Waals surface area contributed by atoms with Crippen LogP contribution in [0.25, 0.3) is 0 Å². The average Bonchev–Trinajstić information content (AvgIpc) is 2.36. The van der Waals surface area contributed by atoms with E-state index in [1.807, 2.05) is 14.1 Å². The maximum absolute atomic E-state index is 12.8. The number of benzene rings is 1. The molecule has 0 radical (unpaired) electrons. The van der Waals surface area contributed by atoms with E-state index < -0.39 is 6.04 Å². The molecule has 104 valence electrons. The molecule has 19 heavy (non-hydrogen) atoms. The maximum Gasteiger partial charge on any atom is 0.331 e. The number of esters is 1. The summed E-state index contributed by atoms with van der Waals surface area (Å²) in [5, 5.41) is 0. The summed E-state index contributed by atoms with van der Waals surface area (Å²) in [6.07, 6.45) is 1.97. The number of aliphatic imine (C=N–C) groups is 1. The predicted molar refractivity (Wildman–Crippen MR) is 72.7 cm³/mol. The molecule has 0 aliphatic heterocycles. The molecule has 0 fully saturated rings. The van der Waals surface area contributed by atoms with Gasteiger partial charge in [0.05, 0.1) is 12.9 Å². The van der Waals surface area contributed by atoms with Crippen molar-refractivity contribution in [2.45, 2.75) is 19.4 Å². The first-order valence-electron chi connectivity index (χ1n) is 6.13. The SMILES string of the molecule is CCOC(=O)C(Cc1ccc(F)cc1)N=CN(C)C. The van der Waals surface area contributed by atoms with Crippen molar-refractivity contribution in [3.63, 3.8) is 0 Å². The average molecular weight is 266 g/mol. The lowest BCUT2D eigenvalue weighted by Crippen LogP contribution is -2.25. The van der Waals surface area contributed by atoms with Crippen LogP contribution in [0.3, 0.4) is 0 Å². The molecular weight excluding hydrogens is 247 g/mol. The first-order valence-corrected chi connectivity index (χ1v) is 6.13. The van der Waals surface area contributed by atoms with Gasteiger partial charge in [0.25, 0.3) is 0 Å². The van der Waals surface area contributed by atoms with Gasteiger partial charge in [0.2, 0.25) is 0 Å². The molecule has 0 saturated heterocycles. The Balaban J connectivity index is 2.78. The van der Waals surface area contributed by atoms with Crippen molar-refractivity contribution in [1.29, 1.82) is 0 Å². The number of hydrogen-bond acceptors (Lipinski definition) is 3. The summed E-state index contributed by atoms with van der Waals surface area (Å²) in [5.41, 5.74) is 0.843. The van der Waals surface area contributed by atoms with Crippen LogP contribution in [-0.2, 0) is 16.0 Å². The van der Waals surface area contributed by atoms with Gasteiger partial charge >= 0.3 is 5.97 Å². The molecule has 0 aliphatic rings. The van der Waals surface area contributed by atoms with Gasteiger partial charge in [-0.1, -0.05) is 12.1 Å². The van der Waals surface area contributed by atoms with Crippen LogP contribution in [0.15, 0.2) is 29.3 Å². The van der Waals surface area contributed by atoms with E-state index in [2.05, 4.69) is 4.99 Å². The van der Waals surface area contributed by atoms with Crippen molar-refractivity contribution in [2.75, 3.05) is 20.7 Å². The van der Waals surface area contributed by atoms with Crippen LogP contribution in [0.4, 0.5) is 4.39 Å². The van der Waals surface area contributed by atoms with E-state index in [1.165, 1.54) is 12.1 Å². The number of halogens is 1. The van der Waals surface area contributed by atoms with E-state index in [9.17, 15) is 9.18 Å².